The van der Waals surface area contributed by atoms with Gasteiger partial charge in [0.05, 0.1) is 0 Å². The van der Waals surface area contributed by atoms with Crippen molar-refractivity contribution in [2.45, 2.75) is 11.8 Å². The zero-order valence-corrected chi connectivity index (χ0v) is 11.0. The highest BCUT2D eigenvalue weighted by Crippen LogP contribution is 2.35. The summed E-state index contributed by atoms with van der Waals surface area (Å²) in [5, 5.41) is 0. The summed E-state index contributed by atoms with van der Waals surface area (Å²) in [5.41, 5.74) is 2.34. The van der Waals surface area contributed by atoms with Crippen LogP contribution in [0.2, 0.25) is 4.34 Å². The van der Waals surface area contributed by atoms with E-state index in [4.69, 9.17) is 11.6 Å². The Kier molecular flexibility index (Phi) is 3.39. The largest absolute Gasteiger partial charge is 0.130 e. The van der Waals surface area contributed by atoms with E-state index in [0.29, 0.717) is 0 Å². The minimum Gasteiger partial charge on any atom is -0.130 e. The zero-order valence-electron chi connectivity index (χ0n) is 8.58. The topological polar surface area (TPSA) is 0 Å². The fourth-order valence-corrected chi connectivity index (χ4v) is 3.14. The fraction of sp³-hybridized carbons (Fsp3) is 0.167. The van der Waals surface area contributed by atoms with Crippen LogP contribution in [0, 0.1) is 6.92 Å². The lowest BCUT2D eigenvalue weighted by Gasteiger charge is -2.00. The third kappa shape index (κ3) is 2.39. The number of thiophene rings is 1. The van der Waals surface area contributed by atoms with Crippen LogP contribution in [-0.4, -0.2) is 6.26 Å². The van der Waals surface area contributed by atoms with Gasteiger partial charge in [-0.1, -0.05) is 23.7 Å². The second-order valence-corrected chi connectivity index (χ2v) is 6.01. The van der Waals surface area contributed by atoms with Crippen LogP contribution in [0.1, 0.15) is 4.88 Å². The molecule has 0 saturated carbocycles. The Labute approximate surface area is 103 Å². The van der Waals surface area contributed by atoms with Crippen molar-refractivity contribution in [1.82, 2.24) is 0 Å². The Balaban J connectivity index is 2.41. The summed E-state index contributed by atoms with van der Waals surface area (Å²) in [6.45, 7) is 2.08. The van der Waals surface area contributed by atoms with Crippen molar-refractivity contribution in [1.29, 1.82) is 0 Å². The van der Waals surface area contributed by atoms with Crippen LogP contribution in [0.5, 0.6) is 0 Å². The molecular weight excluding hydrogens is 244 g/mol. The molecular formula is C12H11ClS2. The summed E-state index contributed by atoms with van der Waals surface area (Å²) in [5.74, 6) is 0. The van der Waals surface area contributed by atoms with E-state index < -0.39 is 0 Å². The molecule has 0 saturated heterocycles. The first kappa shape index (κ1) is 11.1. The molecule has 0 bridgehead atoms. The van der Waals surface area contributed by atoms with Gasteiger partial charge in [-0.15, -0.1) is 23.1 Å². The highest BCUT2D eigenvalue weighted by atomic mass is 35.5. The van der Waals surface area contributed by atoms with Crippen LogP contribution in [-0.2, 0) is 0 Å². The molecule has 2 aromatic rings. The van der Waals surface area contributed by atoms with E-state index in [-0.39, 0.29) is 0 Å². The van der Waals surface area contributed by atoms with E-state index in [1.807, 2.05) is 0 Å². The molecule has 0 N–H and O–H groups in total. The average molecular weight is 255 g/mol. The number of benzene rings is 1. The second kappa shape index (κ2) is 4.60. The molecule has 0 aliphatic heterocycles. The van der Waals surface area contributed by atoms with Crippen molar-refractivity contribution in [3.63, 3.8) is 0 Å². The van der Waals surface area contributed by atoms with Crippen molar-refractivity contribution < 1.29 is 0 Å². The quantitative estimate of drug-likeness (QED) is 0.672. The minimum atomic E-state index is 0.879. The highest BCUT2D eigenvalue weighted by Gasteiger charge is 2.06. The van der Waals surface area contributed by atoms with Crippen molar-refractivity contribution in [3.05, 3.63) is 39.5 Å². The van der Waals surface area contributed by atoms with Gasteiger partial charge in [0.2, 0.25) is 0 Å². The summed E-state index contributed by atoms with van der Waals surface area (Å²) in [6.07, 6.45) is 2.08. The maximum atomic E-state index is 6.17. The standard InChI is InChI=1S/C12H11ClS2/c1-8-7-11(12(13)15-8)9-3-5-10(14-2)6-4-9/h3-7H,1-2H3. The number of hydrogen-bond acceptors (Lipinski definition) is 2. The monoisotopic (exact) mass is 254 g/mol. The van der Waals surface area contributed by atoms with Gasteiger partial charge in [0.15, 0.2) is 0 Å². The summed E-state index contributed by atoms with van der Waals surface area (Å²) < 4.78 is 0.879. The molecule has 0 radical (unpaired) electrons. The predicted octanol–water partition coefficient (Wildman–Crippen LogP) is 5.10. The molecule has 0 fully saturated rings. The van der Waals surface area contributed by atoms with Crippen LogP contribution in [0.3, 0.4) is 0 Å². The Morgan fingerprint density at radius 1 is 1.20 bits per heavy atom. The van der Waals surface area contributed by atoms with E-state index in [1.54, 1.807) is 23.1 Å². The van der Waals surface area contributed by atoms with Gasteiger partial charge >= 0.3 is 0 Å². The molecule has 1 aromatic heterocycles. The van der Waals surface area contributed by atoms with Gasteiger partial charge < -0.3 is 0 Å². The van der Waals surface area contributed by atoms with Crippen LogP contribution >= 0.6 is 34.7 Å². The molecule has 0 aliphatic rings. The average Bonchev–Trinajstić information content (AvgIpc) is 2.58. The maximum absolute atomic E-state index is 6.17. The first-order valence-electron chi connectivity index (χ1n) is 4.61. The van der Waals surface area contributed by atoms with Crippen LogP contribution in [0.15, 0.2) is 35.2 Å². The van der Waals surface area contributed by atoms with Gasteiger partial charge in [0, 0.05) is 15.3 Å². The van der Waals surface area contributed by atoms with Gasteiger partial charge in [-0.2, -0.15) is 0 Å². The zero-order chi connectivity index (χ0) is 10.8. The molecule has 2 rings (SSSR count). The highest BCUT2D eigenvalue weighted by molar-refractivity contribution is 7.98. The van der Waals surface area contributed by atoms with Gasteiger partial charge in [-0.05, 0) is 36.9 Å². The van der Waals surface area contributed by atoms with Crippen LogP contribution < -0.4 is 0 Å². The second-order valence-electron chi connectivity index (χ2n) is 3.27. The number of hydrogen-bond donors (Lipinski definition) is 0. The molecule has 0 amide bonds. The summed E-state index contributed by atoms with van der Waals surface area (Å²) >= 11 is 9.55. The third-order valence-corrected chi connectivity index (χ3v) is 4.23. The van der Waals surface area contributed by atoms with E-state index >= 15 is 0 Å². The maximum Gasteiger partial charge on any atom is 0.101 e. The van der Waals surface area contributed by atoms with Gasteiger partial charge in [-0.25, -0.2) is 0 Å². The van der Waals surface area contributed by atoms with E-state index in [2.05, 4.69) is 43.5 Å². The van der Waals surface area contributed by atoms with Crippen molar-refractivity contribution >= 4 is 34.7 Å². The lowest BCUT2D eigenvalue weighted by molar-refractivity contribution is 1.46. The number of thioether (sulfide) groups is 1. The Morgan fingerprint density at radius 3 is 2.33 bits per heavy atom. The molecule has 78 valence electrons. The van der Waals surface area contributed by atoms with Crippen molar-refractivity contribution in [2.24, 2.45) is 0 Å². The lowest BCUT2D eigenvalue weighted by Crippen LogP contribution is -1.75. The van der Waals surface area contributed by atoms with E-state index in [0.717, 1.165) is 9.90 Å². The molecule has 0 atom stereocenters. The van der Waals surface area contributed by atoms with E-state index in [1.165, 1.54) is 15.3 Å². The van der Waals surface area contributed by atoms with Gasteiger partial charge in [-0.3, -0.25) is 0 Å². The molecule has 1 aromatic carbocycles. The van der Waals surface area contributed by atoms with Crippen LogP contribution in [0.25, 0.3) is 11.1 Å². The van der Waals surface area contributed by atoms with Crippen molar-refractivity contribution in [2.75, 3.05) is 6.26 Å². The van der Waals surface area contributed by atoms with Gasteiger partial charge in [0.1, 0.15) is 4.34 Å². The third-order valence-electron chi connectivity index (χ3n) is 2.21. The smallest absolute Gasteiger partial charge is 0.101 e. The summed E-state index contributed by atoms with van der Waals surface area (Å²) in [6, 6.07) is 10.6. The normalized spacial score (nSPS) is 10.6. The molecule has 15 heavy (non-hydrogen) atoms. The lowest BCUT2D eigenvalue weighted by atomic mass is 10.1. The Morgan fingerprint density at radius 2 is 1.87 bits per heavy atom. The Hall–Kier alpha value is -0.440. The molecule has 3 heteroatoms. The van der Waals surface area contributed by atoms with Crippen molar-refractivity contribution in [3.8, 4) is 11.1 Å². The van der Waals surface area contributed by atoms with Gasteiger partial charge in [0.25, 0.3) is 0 Å². The predicted molar refractivity (Wildman–Crippen MR) is 71.3 cm³/mol. The molecule has 1 heterocycles. The molecule has 0 unspecified atom stereocenters. The Bertz CT molecular complexity index is 457. The summed E-state index contributed by atoms with van der Waals surface area (Å²) in [7, 11) is 0. The fourth-order valence-electron chi connectivity index (χ4n) is 1.45. The minimum absolute atomic E-state index is 0.879. The number of halogens is 1. The molecule has 0 nitrogen and oxygen atoms in total. The van der Waals surface area contributed by atoms with E-state index in [9.17, 15) is 0 Å². The molecule has 0 spiro atoms. The first-order chi connectivity index (χ1) is 7.20. The first-order valence-corrected chi connectivity index (χ1v) is 7.03. The SMILES string of the molecule is CSc1ccc(-c2cc(C)sc2Cl)cc1. The van der Waals surface area contributed by atoms with Crippen LogP contribution in [0.4, 0.5) is 0 Å². The summed E-state index contributed by atoms with van der Waals surface area (Å²) in [4.78, 5) is 2.53. The number of rotatable bonds is 2. The molecule has 0 aliphatic carbocycles. The number of aryl methyl sites for hydroxylation is 1.